The summed E-state index contributed by atoms with van der Waals surface area (Å²) < 4.78 is 45.9. The highest BCUT2D eigenvalue weighted by Crippen LogP contribution is 2.27. The van der Waals surface area contributed by atoms with Gasteiger partial charge in [0.2, 0.25) is 11.9 Å². The summed E-state index contributed by atoms with van der Waals surface area (Å²) in [6.45, 7) is 0.463. The first-order chi connectivity index (χ1) is 17.4. The highest BCUT2D eigenvalue weighted by Gasteiger charge is 2.29. The fraction of sp³-hybridized carbons (Fsp3) is 0.261. The van der Waals surface area contributed by atoms with Gasteiger partial charge in [0.05, 0.1) is 11.8 Å². The van der Waals surface area contributed by atoms with Crippen LogP contribution in [0.1, 0.15) is 0 Å². The lowest BCUT2D eigenvalue weighted by Gasteiger charge is -2.39. The van der Waals surface area contributed by atoms with E-state index in [1.165, 1.54) is 12.3 Å². The van der Waals surface area contributed by atoms with E-state index in [-0.39, 0.29) is 12.1 Å². The van der Waals surface area contributed by atoms with Crippen LogP contribution in [0.5, 0.6) is 0 Å². The number of nitrogen functional groups attached to an aromatic ring is 1. The lowest BCUT2D eigenvalue weighted by molar-refractivity contribution is -0.0337. The molecule has 10 nitrogen and oxygen atoms in total. The number of aryl methyl sites for hydroxylation is 1. The van der Waals surface area contributed by atoms with Crippen LogP contribution in [0.3, 0.4) is 0 Å². The SMILES string of the molecule is Cn1nc(-c2ccc(N3CC(OCC(F)F)C3)nc2)nc1Nc1ccc(-c2ccnc(N)n2)c(F)c1. The van der Waals surface area contributed by atoms with Crippen molar-refractivity contribution in [3.63, 3.8) is 0 Å². The average Bonchev–Trinajstić information content (AvgIpc) is 3.18. The molecule has 3 aromatic heterocycles. The Balaban J connectivity index is 1.25. The predicted octanol–water partition coefficient (Wildman–Crippen LogP) is 3.27. The van der Waals surface area contributed by atoms with E-state index in [0.717, 1.165) is 0 Å². The van der Waals surface area contributed by atoms with E-state index in [0.29, 0.717) is 53.2 Å². The van der Waals surface area contributed by atoms with Gasteiger partial charge in [-0.05, 0) is 36.4 Å². The number of rotatable bonds is 8. The largest absolute Gasteiger partial charge is 0.369 e. The molecule has 13 heteroatoms. The zero-order valence-electron chi connectivity index (χ0n) is 19.1. The summed E-state index contributed by atoms with van der Waals surface area (Å²) in [4.78, 5) is 18.7. The van der Waals surface area contributed by atoms with Gasteiger partial charge < -0.3 is 20.7 Å². The highest BCUT2D eigenvalue weighted by molar-refractivity contribution is 5.66. The number of anilines is 4. The van der Waals surface area contributed by atoms with Crippen molar-refractivity contribution in [2.45, 2.75) is 12.5 Å². The molecule has 1 fully saturated rings. The number of alkyl halides is 2. The molecule has 186 valence electrons. The number of nitrogens with zero attached hydrogens (tertiary/aromatic N) is 7. The fourth-order valence-corrected chi connectivity index (χ4v) is 3.71. The maximum absolute atomic E-state index is 14.7. The van der Waals surface area contributed by atoms with Crippen LogP contribution in [-0.2, 0) is 11.8 Å². The molecule has 0 aliphatic carbocycles. The molecule has 4 heterocycles. The van der Waals surface area contributed by atoms with Crippen molar-refractivity contribution in [1.29, 1.82) is 0 Å². The Morgan fingerprint density at radius 3 is 2.67 bits per heavy atom. The van der Waals surface area contributed by atoms with Crippen LogP contribution in [0.15, 0.2) is 48.8 Å². The number of benzene rings is 1. The minimum absolute atomic E-state index is 0.0659. The number of hydrogen-bond donors (Lipinski definition) is 2. The van der Waals surface area contributed by atoms with E-state index < -0.39 is 18.8 Å². The number of ether oxygens (including phenoxy) is 1. The maximum Gasteiger partial charge on any atom is 0.261 e. The van der Waals surface area contributed by atoms with Crippen molar-refractivity contribution >= 4 is 23.4 Å². The van der Waals surface area contributed by atoms with Gasteiger partial charge in [-0.2, -0.15) is 4.98 Å². The van der Waals surface area contributed by atoms with Crippen LogP contribution in [0.25, 0.3) is 22.6 Å². The van der Waals surface area contributed by atoms with Crippen LogP contribution < -0.4 is 16.0 Å². The van der Waals surface area contributed by atoms with Crippen LogP contribution in [0.4, 0.5) is 36.6 Å². The number of nitrogens with two attached hydrogens (primary N) is 1. The molecule has 1 aromatic carbocycles. The van der Waals surface area contributed by atoms with Crippen molar-refractivity contribution in [1.82, 2.24) is 29.7 Å². The molecule has 0 spiro atoms. The standard InChI is InChI=1S/C23H22F3N9O/c1-34-23(30-14-3-4-16(17(24)8-14)18-6-7-28-22(27)31-18)32-21(33-34)13-2-5-20(29-9-13)35-10-15(11-35)36-12-19(25)26/h2-9,15,19H,10-12H2,1H3,(H2,27,28,31)(H,30,32,33). The molecular formula is C23H22F3N9O. The number of hydrogen-bond acceptors (Lipinski definition) is 9. The lowest BCUT2D eigenvalue weighted by atomic mass is 10.1. The Hall–Kier alpha value is -4.26. The molecule has 0 amide bonds. The second-order valence-corrected chi connectivity index (χ2v) is 8.16. The zero-order chi connectivity index (χ0) is 25.2. The lowest BCUT2D eigenvalue weighted by Crippen LogP contribution is -2.53. The average molecular weight is 497 g/mol. The summed E-state index contributed by atoms with van der Waals surface area (Å²) in [7, 11) is 1.72. The predicted molar refractivity (Wildman–Crippen MR) is 127 cm³/mol. The van der Waals surface area contributed by atoms with Crippen molar-refractivity contribution in [2.75, 3.05) is 35.6 Å². The molecule has 5 rings (SSSR count). The Labute approximate surface area is 204 Å². The minimum Gasteiger partial charge on any atom is -0.369 e. The summed E-state index contributed by atoms with van der Waals surface area (Å²) in [5, 5.41) is 7.47. The normalized spacial score (nSPS) is 13.8. The Morgan fingerprint density at radius 2 is 1.97 bits per heavy atom. The van der Waals surface area contributed by atoms with Crippen LogP contribution in [0.2, 0.25) is 0 Å². The molecule has 0 bridgehead atoms. The van der Waals surface area contributed by atoms with Gasteiger partial charge in [-0.25, -0.2) is 32.8 Å². The van der Waals surface area contributed by atoms with E-state index >= 15 is 0 Å². The maximum atomic E-state index is 14.7. The fourth-order valence-electron chi connectivity index (χ4n) is 3.71. The second-order valence-electron chi connectivity index (χ2n) is 8.16. The summed E-state index contributed by atoms with van der Waals surface area (Å²) in [6, 6.07) is 9.86. The highest BCUT2D eigenvalue weighted by atomic mass is 19.3. The zero-order valence-corrected chi connectivity index (χ0v) is 19.1. The molecule has 0 atom stereocenters. The molecule has 1 aliphatic heterocycles. The first kappa shape index (κ1) is 23.5. The van der Waals surface area contributed by atoms with Crippen molar-refractivity contribution < 1.29 is 17.9 Å². The molecule has 0 saturated carbocycles. The molecule has 36 heavy (non-hydrogen) atoms. The first-order valence-corrected chi connectivity index (χ1v) is 11.0. The summed E-state index contributed by atoms with van der Waals surface area (Å²) in [5.74, 6) is 1.15. The van der Waals surface area contributed by atoms with Gasteiger partial charge in [0, 0.05) is 49.3 Å². The Morgan fingerprint density at radius 1 is 1.14 bits per heavy atom. The van der Waals surface area contributed by atoms with E-state index in [2.05, 4.69) is 30.4 Å². The third-order valence-electron chi connectivity index (χ3n) is 5.57. The quantitative estimate of drug-likeness (QED) is 0.378. The van der Waals surface area contributed by atoms with E-state index in [1.807, 2.05) is 17.0 Å². The van der Waals surface area contributed by atoms with Crippen molar-refractivity contribution in [3.05, 3.63) is 54.6 Å². The second kappa shape index (κ2) is 9.77. The van der Waals surface area contributed by atoms with Crippen LogP contribution in [0, 0.1) is 5.82 Å². The number of aromatic nitrogens is 6. The first-order valence-electron chi connectivity index (χ1n) is 11.0. The Bertz CT molecular complexity index is 1360. The van der Waals surface area contributed by atoms with Gasteiger partial charge in [-0.3, -0.25) is 0 Å². The number of nitrogens with one attached hydrogen (secondary N) is 1. The van der Waals surface area contributed by atoms with Gasteiger partial charge in [-0.15, -0.1) is 5.10 Å². The number of pyridine rings is 1. The molecule has 0 unspecified atom stereocenters. The third kappa shape index (κ3) is 5.05. The van der Waals surface area contributed by atoms with Gasteiger partial charge >= 0.3 is 0 Å². The smallest absolute Gasteiger partial charge is 0.261 e. The summed E-state index contributed by atoms with van der Waals surface area (Å²) >= 11 is 0. The molecule has 1 saturated heterocycles. The van der Waals surface area contributed by atoms with Crippen molar-refractivity contribution in [3.8, 4) is 22.6 Å². The molecule has 3 N–H and O–H groups in total. The topological polar surface area (TPSA) is 120 Å². The van der Waals surface area contributed by atoms with E-state index in [4.69, 9.17) is 10.5 Å². The monoisotopic (exact) mass is 497 g/mol. The molecule has 1 aliphatic rings. The molecule has 4 aromatic rings. The van der Waals surface area contributed by atoms with Gasteiger partial charge in [0.15, 0.2) is 5.82 Å². The van der Waals surface area contributed by atoms with Crippen molar-refractivity contribution in [2.24, 2.45) is 7.05 Å². The van der Waals surface area contributed by atoms with Crippen LogP contribution >= 0.6 is 0 Å². The molecular weight excluding hydrogens is 475 g/mol. The van der Waals surface area contributed by atoms with Gasteiger partial charge in [-0.1, -0.05) is 0 Å². The van der Waals surface area contributed by atoms with Gasteiger partial charge in [0.25, 0.3) is 6.43 Å². The number of halogens is 3. The van der Waals surface area contributed by atoms with E-state index in [1.54, 1.807) is 36.1 Å². The summed E-state index contributed by atoms with van der Waals surface area (Å²) in [6.07, 6.45) is 0.426. The van der Waals surface area contributed by atoms with E-state index in [9.17, 15) is 13.2 Å². The minimum atomic E-state index is -2.47. The summed E-state index contributed by atoms with van der Waals surface area (Å²) in [5.41, 5.74) is 7.45. The van der Waals surface area contributed by atoms with Crippen LogP contribution in [-0.4, -0.2) is 61.9 Å². The van der Waals surface area contributed by atoms with Gasteiger partial charge in [0.1, 0.15) is 18.2 Å². The third-order valence-corrected chi connectivity index (χ3v) is 5.57. The molecule has 0 radical (unpaired) electrons. The Kier molecular flexibility index (Phi) is 6.38.